The zero-order valence-electron chi connectivity index (χ0n) is 38.6. The zero-order valence-corrected chi connectivity index (χ0v) is 42.0. The van der Waals surface area contributed by atoms with Crippen molar-refractivity contribution in [1.82, 2.24) is 14.5 Å². The Bertz CT molecular complexity index is 3000. The van der Waals surface area contributed by atoms with Crippen LogP contribution in [-0.4, -0.2) is 22.6 Å². The standard InChI is InChI=1S/C39H35N2O.C18H24NSi.Ir/c1-23(2)30-21-29(27-12-8-7-9-13-27)22-31(24(3)4)37(30)41-34-15-11-10-14-33(34)40-39(41)28-18-19-35-32(20-28)36-25(5)16-17-26(6)38(36)42-35;1-14(2)11-16-12-17(15-9-7-6-8-10-15)19-13-18(16)20(3,4)5;/h7-17,19-24H,1-6H3;6-9,12-14H,11H2,1-5H3;/q2*-1;. The quantitative estimate of drug-likeness (QED) is 0.107. The van der Waals surface area contributed by atoms with Gasteiger partial charge in [-0.15, -0.1) is 59.7 Å². The molecule has 0 aliphatic rings. The summed E-state index contributed by atoms with van der Waals surface area (Å²) in [5, 5.41) is 3.76. The van der Waals surface area contributed by atoms with Crippen molar-refractivity contribution in [3.63, 3.8) is 0 Å². The van der Waals surface area contributed by atoms with E-state index in [4.69, 9.17) is 9.40 Å². The summed E-state index contributed by atoms with van der Waals surface area (Å²) in [6.07, 6.45) is 3.24. The fraction of sp³-hybridized carbons (Fsp3) is 0.263. The molecule has 6 aromatic carbocycles. The number of furan rings is 1. The van der Waals surface area contributed by atoms with Crippen LogP contribution in [-0.2, 0) is 26.5 Å². The molecule has 0 saturated carbocycles. The van der Waals surface area contributed by atoms with Gasteiger partial charge in [-0.05, 0) is 107 Å². The van der Waals surface area contributed by atoms with Gasteiger partial charge in [0.2, 0.25) is 0 Å². The van der Waals surface area contributed by atoms with Crippen LogP contribution in [0.3, 0.4) is 0 Å². The molecule has 9 aromatic rings. The van der Waals surface area contributed by atoms with Gasteiger partial charge in [0.05, 0.1) is 30.5 Å². The Labute approximate surface area is 389 Å². The van der Waals surface area contributed by atoms with Crippen LogP contribution in [0.2, 0.25) is 19.6 Å². The molecule has 1 radical (unpaired) electrons. The van der Waals surface area contributed by atoms with E-state index in [1.54, 1.807) is 0 Å². The Hall–Kier alpha value is -5.39. The number of benzene rings is 6. The number of aryl methyl sites for hydroxylation is 2. The summed E-state index contributed by atoms with van der Waals surface area (Å²) in [5.41, 5.74) is 17.1. The van der Waals surface area contributed by atoms with Gasteiger partial charge in [0.1, 0.15) is 5.58 Å². The third-order valence-electron chi connectivity index (χ3n) is 11.9. The number of nitrogens with zero attached hydrogens (tertiary/aromatic N) is 3. The van der Waals surface area contributed by atoms with Crippen LogP contribution in [0.1, 0.15) is 81.2 Å². The van der Waals surface area contributed by atoms with Gasteiger partial charge in [-0.2, -0.15) is 0 Å². The van der Waals surface area contributed by atoms with Gasteiger partial charge in [-0.3, -0.25) is 4.98 Å². The topological polar surface area (TPSA) is 43.9 Å². The van der Waals surface area contributed by atoms with Gasteiger partial charge in [0.15, 0.2) is 0 Å². The van der Waals surface area contributed by atoms with E-state index in [9.17, 15) is 0 Å². The number of hydrogen-bond donors (Lipinski definition) is 0. The van der Waals surface area contributed by atoms with E-state index < -0.39 is 8.07 Å². The second-order valence-corrected chi connectivity index (χ2v) is 24.0. The van der Waals surface area contributed by atoms with E-state index in [1.807, 2.05) is 24.3 Å². The van der Waals surface area contributed by atoms with E-state index >= 15 is 0 Å². The average molecular weight is 1020 g/mol. The number of pyridine rings is 1. The van der Waals surface area contributed by atoms with Gasteiger partial charge in [-0.1, -0.05) is 133 Å². The van der Waals surface area contributed by atoms with Crippen LogP contribution >= 0.6 is 0 Å². The summed E-state index contributed by atoms with van der Waals surface area (Å²) in [7, 11) is -1.34. The second-order valence-electron chi connectivity index (χ2n) is 18.9. The molecule has 323 valence electrons. The average Bonchev–Trinajstić information content (AvgIpc) is 3.84. The Balaban J connectivity index is 0.000000239. The zero-order chi connectivity index (χ0) is 43.9. The number of aromatic nitrogens is 3. The minimum Gasteiger partial charge on any atom is -0.500 e. The van der Waals surface area contributed by atoms with Gasteiger partial charge >= 0.3 is 0 Å². The van der Waals surface area contributed by atoms with Gasteiger partial charge in [0, 0.05) is 37.4 Å². The van der Waals surface area contributed by atoms with Crippen LogP contribution in [0.15, 0.2) is 132 Å². The molecule has 0 aliphatic carbocycles. The van der Waals surface area contributed by atoms with Crippen molar-refractivity contribution >= 4 is 46.2 Å². The number of para-hydroxylation sites is 2. The van der Waals surface area contributed by atoms with Crippen LogP contribution in [0.25, 0.3) is 72.4 Å². The smallest absolute Gasteiger partial charge is 0.124 e. The van der Waals surface area contributed by atoms with E-state index in [2.05, 4.69) is 200 Å². The van der Waals surface area contributed by atoms with Crippen LogP contribution in [0.5, 0.6) is 0 Å². The predicted molar refractivity (Wildman–Crippen MR) is 266 cm³/mol. The fourth-order valence-corrected chi connectivity index (χ4v) is 10.4. The van der Waals surface area contributed by atoms with E-state index in [1.165, 1.54) is 49.6 Å². The van der Waals surface area contributed by atoms with Gasteiger partial charge < -0.3 is 14.0 Å². The normalized spacial score (nSPS) is 11.8. The molecule has 0 saturated heterocycles. The first kappa shape index (κ1) is 45.6. The van der Waals surface area contributed by atoms with Crippen LogP contribution in [0.4, 0.5) is 0 Å². The summed E-state index contributed by atoms with van der Waals surface area (Å²) in [5.74, 6) is 2.18. The maximum absolute atomic E-state index is 6.33. The molecule has 0 bridgehead atoms. The van der Waals surface area contributed by atoms with Crippen molar-refractivity contribution in [1.29, 1.82) is 0 Å². The monoisotopic (exact) mass is 1020 g/mol. The Morgan fingerprint density at radius 1 is 0.698 bits per heavy atom. The summed E-state index contributed by atoms with van der Waals surface area (Å²) < 4.78 is 8.71. The van der Waals surface area contributed by atoms with Crippen molar-refractivity contribution < 1.29 is 24.5 Å². The molecular formula is C57H59IrN3OSi-2. The summed E-state index contributed by atoms with van der Waals surface area (Å²) in [6, 6.07) is 49.6. The molecule has 0 atom stereocenters. The minimum atomic E-state index is -1.34. The summed E-state index contributed by atoms with van der Waals surface area (Å²) in [6.45, 7) is 25.1. The molecule has 3 heterocycles. The molecule has 63 heavy (non-hydrogen) atoms. The summed E-state index contributed by atoms with van der Waals surface area (Å²) >= 11 is 0. The van der Waals surface area contributed by atoms with Crippen LogP contribution in [0, 0.1) is 31.9 Å². The number of imidazole rings is 1. The molecule has 9 rings (SSSR count). The maximum atomic E-state index is 6.33. The van der Waals surface area contributed by atoms with Gasteiger partial charge in [-0.25, -0.2) is 0 Å². The number of hydrogen-bond acceptors (Lipinski definition) is 3. The Morgan fingerprint density at radius 3 is 2.02 bits per heavy atom. The fourth-order valence-electron chi connectivity index (χ4n) is 8.78. The van der Waals surface area contributed by atoms with Crippen LogP contribution < -0.4 is 5.19 Å². The van der Waals surface area contributed by atoms with Crippen molar-refractivity contribution in [3.8, 4) is 39.5 Å². The molecule has 0 spiro atoms. The first-order valence-corrected chi connectivity index (χ1v) is 25.7. The molecule has 0 N–H and O–H groups in total. The molecule has 6 heteroatoms. The van der Waals surface area contributed by atoms with Crippen molar-refractivity contribution in [2.45, 2.75) is 93.3 Å². The molecule has 0 amide bonds. The Morgan fingerprint density at radius 2 is 1.37 bits per heavy atom. The molecule has 0 aliphatic heterocycles. The molecule has 0 fully saturated rings. The number of rotatable bonds is 9. The maximum Gasteiger partial charge on any atom is 0.124 e. The van der Waals surface area contributed by atoms with E-state index in [-0.39, 0.29) is 20.1 Å². The Kier molecular flexibility index (Phi) is 13.6. The van der Waals surface area contributed by atoms with E-state index in [0.717, 1.165) is 62.2 Å². The van der Waals surface area contributed by atoms with Crippen molar-refractivity contribution in [2.75, 3.05) is 0 Å². The minimum absolute atomic E-state index is 0. The van der Waals surface area contributed by atoms with Crippen molar-refractivity contribution in [3.05, 3.63) is 167 Å². The predicted octanol–water partition coefficient (Wildman–Crippen LogP) is 15.2. The molecule has 0 unspecified atom stereocenters. The van der Waals surface area contributed by atoms with Crippen molar-refractivity contribution in [2.24, 2.45) is 5.92 Å². The molecule has 3 aromatic heterocycles. The second kappa shape index (κ2) is 18.8. The molecule has 4 nitrogen and oxygen atoms in total. The molecular weight excluding hydrogens is 963 g/mol. The summed E-state index contributed by atoms with van der Waals surface area (Å²) in [4.78, 5) is 9.94. The third-order valence-corrected chi connectivity index (χ3v) is 14.0. The first-order chi connectivity index (χ1) is 29.7. The number of fused-ring (bicyclic) bond motifs is 4. The third kappa shape index (κ3) is 9.32. The van der Waals surface area contributed by atoms with E-state index in [0.29, 0.717) is 17.8 Å². The van der Waals surface area contributed by atoms with Gasteiger partial charge in [0.25, 0.3) is 0 Å². The first-order valence-electron chi connectivity index (χ1n) is 22.2. The largest absolute Gasteiger partial charge is 0.500 e. The SMILES string of the molecule is CC(C)Cc1cc(-c2[c-]cccc2)ncc1[Si](C)(C)C.Cc1ccc(C)c2c1oc1c[c-]c(-c3nc4ccccc4n3-c3c(C(C)C)cc(-c4ccccc4)cc3C(C)C)cc12.[Ir].